The zero-order chi connectivity index (χ0) is 26.9. The molecule has 2 N–H and O–H groups in total. The molecule has 2 rings (SSSR count). The molecule has 1 aromatic carbocycles. The van der Waals surface area contributed by atoms with E-state index < -0.39 is 17.9 Å². The number of methoxy groups -OCH3 is 1. The number of aromatic nitrogens is 1. The van der Waals surface area contributed by atoms with E-state index in [4.69, 9.17) is 23.8 Å². The first kappa shape index (κ1) is 29.0. The van der Waals surface area contributed by atoms with E-state index in [-0.39, 0.29) is 29.7 Å². The summed E-state index contributed by atoms with van der Waals surface area (Å²) in [5.74, 6) is -1.19. The van der Waals surface area contributed by atoms with Crippen LogP contribution in [0.15, 0.2) is 36.4 Å². The Morgan fingerprint density at radius 3 is 2.14 bits per heavy atom. The van der Waals surface area contributed by atoms with Crippen molar-refractivity contribution in [2.24, 2.45) is 5.92 Å². The molecule has 2 aromatic rings. The third kappa shape index (κ3) is 9.43. The summed E-state index contributed by atoms with van der Waals surface area (Å²) in [4.78, 5) is 29.0. The lowest BCUT2D eigenvalue weighted by atomic mass is 9.95. The molecule has 0 amide bonds. The Bertz CT molecular complexity index is 976. The fourth-order valence-corrected chi connectivity index (χ4v) is 3.04. The number of hydrogen-bond acceptors (Lipinski definition) is 9. The molecule has 0 bridgehead atoms. The second kappa shape index (κ2) is 12.6. The minimum atomic E-state index is -1.12. The highest BCUT2D eigenvalue weighted by atomic mass is 16.8. The summed E-state index contributed by atoms with van der Waals surface area (Å²) in [7, 11) is 1.68. The zero-order valence-electron chi connectivity index (χ0n) is 21.8. The fourth-order valence-electron chi connectivity index (χ4n) is 3.04. The molecule has 1 atom stereocenters. The highest BCUT2D eigenvalue weighted by Gasteiger charge is 2.25. The first-order chi connectivity index (χ1) is 16.8. The van der Waals surface area contributed by atoms with Crippen LogP contribution in [0, 0.1) is 5.92 Å². The molecule has 0 spiro atoms. The van der Waals surface area contributed by atoms with Crippen molar-refractivity contribution in [2.75, 3.05) is 13.7 Å². The predicted octanol–water partition coefficient (Wildman–Crippen LogP) is 4.60. The number of carbonyl (C=O) groups is 2. The molecule has 0 aliphatic carbocycles. The molecule has 10 nitrogen and oxygen atoms in total. The summed E-state index contributed by atoms with van der Waals surface area (Å²) < 4.78 is 22.4. The smallest absolute Gasteiger partial charge is 0.492 e. The molecule has 200 valence electrons. The van der Waals surface area contributed by atoms with Gasteiger partial charge in [-0.3, -0.25) is 9.63 Å². The number of nitrogens with zero attached hydrogens (tertiary/aromatic N) is 1. The Balaban J connectivity index is 1.75. The quantitative estimate of drug-likeness (QED) is 0.295. The van der Waals surface area contributed by atoms with E-state index in [9.17, 15) is 19.8 Å². The van der Waals surface area contributed by atoms with E-state index in [0.717, 1.165) is 18.6 Å². The molecule has 0 saturated heterocycles. The molecular formula is C26H37NO9. The van der Waals surface area contributed by atoms with Crippen LogP contribution in [0.2, 0.25) is 0 Å². The predicted molar refractivity (Wildman–Crippen MR) is 131 cm³/mol. The Morgan fingerprint density at radius 1 is 0.944 bits per heavy atom. The average Bonchev–Trinajstić information content (AvgIpc) is 3.13. The Hall–Kier alpha value is -3.24. The SMILES string of the molecule is COC(C)(C)CCOC(C)(C)CCC(C)C(=O)Oc1ccc(COC(=O)On2c(O)ccc2O)cc1. The molecule has 10 heteroatoms. The highest BCUT2D eigenvalue weighted by Crippen LogP contribution is 2.24. The largest absolute Gasteiger partial charge is 0.534 e. The van der Waals surface area contributed by atoms with Crippen LogP contribution >= 0.6 is 0 Å². The molecule has 0 aliphatic heterocycles. The van der Waals surface area contributed by atoms with Gasteiger partial charge in [0.05, 0.1) is 23.7 Å². The van der Waals surface area contributed by atoms with Gasteiger partial charge in [-0.15, -0.1) is 4.73 Å². The van der Waals surface area contributed by atoms with Gasteiger partial charge in [-0.2, -0.15) is 0 Å². The topological polar surface area (TPSA) is 126 Å². The molecule has 1 unspecified atom stereocenters. The van der Waals surface area contributed by atoms with E-state index in [0.29, 0.717) is 35.5 Å². The van der Waals surface area contributed by atoms with Crippen molar-refractivity contribution in [1.29, 1.82) is 0 Å². The van der Waals surface area contributed by atoms with Gasteiger partial charge in [-0.25, -0.2) is 4.79 Å². The summed E-state index contributed by atoms with van der Waals surface area (Å²) in [6.45, 7) is 10.3. The van der Waals surface area contributed by atoms with Gasteiger partial charge in [-0.1, -0.05) is 19.1 Å². The lowest BCUT2D eigenvalue weighted by Gasteiger charge is -2.29. The van der Waals surface area contributed by atoms with Gasteiger partial charge >= 0.3 is 12.1 Å². The maximum Gasteiger partial charge on any atom is 0.534 e. The summed E-state index contributed by atoms with van der Waals surface area (Å²) >= 11 is 0. The van der Waals surface area contributed by atoms with Gasteiger partial charge in [-0.05, 0) is 64.7 Å². The third-order valence-electron chi connectivity index (χ3n) is 5.79. The van der Waals surface area contributed by atoms with Gasteiger partial charge in [0.15, 0.2) is 0 Å². The van der Waals surface area contributed by atoms with E-state index in [1.807, 2.05) is 34.6 Å². The molecule has 0 saturated carbocycles. The molecule has 0 radical (unpaired) electrons. The average molecular weight is 508 g/mol. The normalized spacial score (nSPS) is 12.7. The van der Waals surface area contributed by atoms with Crippen molar-refractivity contribution >= 4 is 12.1 Å². The maximum absolute atomic E-state index is 12.5. The van der Waals surface area contributed by atoms with E-state index in [1.165, 1.54) is 0 Å². The van der Waals surface area contributed by atoms with E-state index >= 15 is 0 Å². The summed E-state index contributed by atoms with van der Waals surface area (Å²) in [5, 5.41) is 18.9. The van der Waals surface area contributed by atoms with Crippen LogP contribution in [0.4, 0.5) is 4.79 Å². The van der Waals surface area contributed by atoms with Crippen LogP contribution in [-0.2, 0) is 25.6 Å². The minimum absolute atomic E-state index is 0.122. The molecule has 36 heavy (non-hydrogen) atoms. The second-order valence-electron chi connectivity index (χ2n) is 9.80. The zero-order valence-corrected chi connectivity index (χ0v) is 21.8. The molecule has 0 aliphatic rings. The number of esters is 1. The van der Waals surface area contributed by atoms with Gasteiger partial charge in [0.25, 0.3) is 0 Å². The van der Waals surface area contributed by atoms with Crippen LogP contribution < -0.4 is 9.57 Å². The van der Waals surface area contributed by atoms with Crippen LogP contribution in [0.1, 0.15) is 59.4 Å². The molecular weight excluding hydrogens is 470 g/mol. The highest BCUT2D eigenvalue weighted by molar-refractivity contribution is 5.74. The number of aromatic hydroxyl groups is 2. The first-order valence-corrected chi connectivity index (χ1v) is 11.8. The molecule has 1 aromatic heterocycles. The fraction of sp³-hybridized carbons (Fsp3) is 0.538. The van der Waals surface area contributed by atoms with E-state index in [2.05, 4.69) is 0 Å². The van der Waals surface area contributed by atoms with Crippen molar-refractivity contribution in [2.45, 2.75) is 71.7 Å². The first-order valence-electron chi connectivity index (χ1n) is 11.8. The number of rotatable bonds is 13. The van der Waals surface area contributed by atoms with Gasteiger partial charge in [0, 0.05) is 19.2 Å². The van der Waals surface area contributed by atoms with Crippen molar-refractivity contribution in [3.05, 3.63) is 42.0 Å². The minimum Gasteiger partial charge on any atom is -0.492 e. The van der Waals surface area contributed by atoms with Crippen LogP contribution in [0.3, 0.4) is 0 Å². The van der Waals surface area contributed by atoms with Crippen molar-refractivity contribution < 1.29 is 43.6 Å². The Morgan fingerprint density at radius 2 is 1.56 bits per heavy atom. The van der Waals surface area contributed by atoms with Crippen LogP contribution in [0.25, 0.3) is 0 Å². The Labute approximate surface area is 211 Å². The molecule has 0 fully saturated rings. The number of hydrogen-bond donors (Lipinski definition) is 2. The maximum atomic E-state index is 12.5. The van der Waals surface area contributed by atoms with Gasteiger partial charge < -0.3 is 29.2 Å². The molecule has 1 heterocycles. The van der Waals surface area contributed by atoms with Crippen LogP contribution in [0.5, 0.6) is 17.5 Å². The number of carbonyl (C=O) groups excluding carboxylic acids is 2. The summed E-state index contributed by atoms with van der Waals surface area (Å²) in [5.41, 5.74) is 0.00542. The van der Waals surface area contributed by atoms with Crippen molar-refractivity contribution in [1.82, 2.24) is 4.73 Å². The van der Waals surface area contributed by atoms with E-state index in [1.54, 1.807) is 31.4 Å². The van der Waals surface area contributed by atoms with Crippen molar-refractivity contribution in [3.63, 3.8) is 0 Å². The summed E-state index contributed by atoms with van der Waals surface area (Å²) in [6, 6.07) is 8.80. The van der Waals surface area contributed by atoms with Gasteiger partial charge in [0.2, 0.25) is 11.8 Å². The number of ether oxygens (including phenoxy) is 4. The third-order valence-corrected chi connectivity index (χ3v) is 5.79. The van der Waals surface area contributed by atoms with Crippen molar-refractivity contribution in [3.8, 4) is 17.5 Å². The van der Waals surface area contributed by atoms with Gasteiger partial charge in [0.1, 0.15) is 12.4 Å². The summed E-state index contributed by atoms with van der Waals surface area (Å²) in [6.07, 6.45) is 0.963. The monoisotopic (exact) mass is 507 g/mol. The Kier molecular flexibility index (Phi) is 10.2. The van der Waals surface area contributed by atoms with Crippen LogP contribution in [-0.4, -0.2) is 52.0 Å². The number of benzene rings is 1. The standard InChI is InChI=1S/C26H37NO9/c1-18(13-14-26(4,5)34-16-15-25(2,3)32-6)23(30)35-20-9-7-19(8-10-20)17-33-24(31)36-27-21(28)11-12-22(27)29/h7-12,18,28-29H,13-17H2,1-6H3. The lowest BCUT2D eigenvalue weighted by Crippen LogP contribution is -2.31. The second-order valence-corrected chi connectivity index (χ2v) is 9.80. The lowest BCUT2D eigenvalue weighted by molar-refractivity contribution is -0.139.